The molecule has 0 heterocycles. The summed E-state index contributed by atoms with van der Waals surface area (Å²) in [4.78, 5) is 23.1. The molecule has 0 atom stereocenters. The number of fused-ring (bicyclic) bond motifs is 1. The van der Waals surface area contributed by atoms with Gasteiger partial charge in [-0.25, -0.2) is 0 Å². The zero-order valence-corrected chi connectivity index (χ0v) is 13.6. The molecule has 2 amide bonds. The molecule has 3 aromatic carbocycles. The molecular weight excluding hydrogens is 316 g/mol. The van der Waals surface area contributed by atoms with Gasteiger partial charge in [-0.2, -0.15) is 0 Å². The molecule has 3 rings (SSSR count). The first-order valence-electron chi connectivity index (χ1n) is 7.93. The molecule has 0 aromatic heterocycles. The summed E-state index contributed by atoms with van der Waals surface area (Å²) >= 11 is 0. The van der Waals surface area contributed by atoms with Crippen LogP contribution in [-0.2, 0) is 4.79 Å². The number of primary amides is 1. The van der Waals surface area contributed by atoms with Crippen LogP contribution in [0.4, 0.5) is 5.69 Å². The fraction of sp³-hybridized carbons (Fsp3) is 0.100. The molecule has 126 valence electrons. The van der Waals surface area contributed by atoms with Crippen molar-refractivity contribution in [1.29, 1.82) is 0 Å². The Morgan fingerprint density at radius 1 is 0.920 bits per heavy atom. The lowest BCUT2D eigenvalue weighted by Crippen LogP contribution is -2.14. The minimum absolute atomic E-state index is 0.167. The normalized spacial score (nSPS) is 10.4. The summed E-state index contributed by atoms with van der Waals surface area (Å²) in [6.07, 6.45) is 0.167. The third kappa shape index (κ3) is 4.35. The third-order valence-corrected chi connectivity index (χ3v) is 3.74. The largest absolute Gasteiger partial charge is 0.493 e. The maximum atomic E-state index is 12.4. The number of hydrogen-bond donors (Lipinski definition) is 2. The number of carbonyl (C=O) groups excluding carboxylic acids is 2. The smallest absolute Gasteiger partial charge is 0.255 e. The van der Waals surface area contributed by atoms with Crippen LogP contribution < -0.4 is 15.8 Å². The highest BCUT2D eigenvalue weighted by Gasteiger charge is 2.07. The van der Waals surface area contributed by atoms with Crippen molar-refractivity contribution in [1.82, 2.24) is 0 Å². The van der Waals surface area contributed by atoms with Crippen LogP contribution in [-0.4, -0.2) is 18.4 Å². The second-order valence-corrected chi connectivity index (χ2v) is 5.61. The molecule has 25 heavy (non-hydrogen) atoms. The number of carbonyl (C=O) groups is 2. The first kappa shape index (κ1) is 16.5. The van der Waals surface area contributed by atoms with Crippen molar-refractivity contribution in [3.8, 4) is 5.75 Å². The summed E-state index contributed by atoms with van der Waals surface area (Å²) in [6, 6.07) is 20.5. The van der Waals surface area contributed by atoms with E-state index < -0.39 is 5.91 Å². The first-order valence-corrected chi connectivity index (χ1v) is 7.93. The van der Waals surface area contributed by atoms with Gasteiger partial charge in [-0.15, -0.1) is 0 Å². The minimum Gasteiger partial charge on any atom is -0.493 e. The maximum absolute atomic E-state index is 12.4. The van der Waals surface area contributed by atoms with Gasteiger partial charge in [0.05, 0.1) is 13.0 Å². The molecule has 0 fully saturated rings. The van der Waals surface area contributed by atoms with Gasteiger partial charge in [0.25, 0.3) is 5.91 Å². The number of nitrogens with one attached hydrogen (secondary N) is 1. The molecule has 0 aliphatic heterocycles. The highest BCUT2D eigenvalue weighted by atomic mass is 16.5. The van der Waals surface area contributed by atoms with Gasteiger partial charge in [0.15, 0.2) is 0 Å². The molecule has 0 spiro atoms. The summed E-state index contributed by atoms with van der Waals surface area (Å²) < 4.78 is 5.40. The predicted molar refractivity (Wildman–Crippen MR) is 97.6 cm³/mol. The summed E-state index contributed by atoms with van der Waals surface area (Å²) in [5.41, 5.74) is 6.32. The number of hydrogen-bond acceptors (Lipinski definition) is 3. The Kier molecular flexibility index (Phi) is 4.95. The summed E-state index contributed by atoms with van der Waals surface area (Å²) in [5, 5.41) is 4.97. The molecule has 3 N–H and O–H groups in total. The Morgan fingerprint density at radius 3 is 2.36 bits per heavy atom. The van der Waals surface area contributed by atoms with Crippen LogP contribution in [0.1, 0.15) is 16.8 Å². The van der Waals surface area contributed by atoms with Gasteiger partial charge in [0, 0.05) is 11.3 Å². The second-order valence-electron chi connectivity index (χ2n) is 5.61. The number of amides is 2. The summed E-state index contributed by atoms with van der Waals surface area (Å²) in [6.45, 7) is 0.234. The molecule has 0 aliphatic carbocycles. The number of anilines is 1. The van der Waals surface area contributed by atoms with E-state index in [0.717, 1.165) is 10.8 Å². The SMILES string of the molecule is NC(=O)CCOc1ccc(NC(=O)c2ccc3ccccc3c2)cc1. The third-order valence-electron chi connectivity index (χ3n) is 3.74. The zero-order valence-electron chi connectivity index (χ0n) is 13.6. The Bertz CT molecular complexity index is 904. The van der Waals surface area contributed by atoms with Crippen molar-refractivity contribution < 1.29 is 14.3 Å². The Labute approximate surface area is 145 Å². The molecule has 0 bridgehead atoms. The lowest BCUT2D eigenvalue weighted by molar-refractivity contribution is -0.118. The van der Waals surface area contributed by atoms with E-state index >= 15 is 0 Å². The average Bonchev–Trinajstić information content (AvgIpc) is 2.62. The van der Waals surface area contributed by atoms with Gasteiger partial charge >= 0.3 is 0 Å². The molecule has 5 nitrogen and oxygen atoms in total. The maximum Gasteiger partial charge on any atom is 0.255 e. The number of benzene rings is 3. The van der Waals surface area contributed by atoms with E-state index in [-0.39, 0.29) is 18.9 Å². The van der Waals surface area contributed by atoms with Crippen molar-refractivity contribution >= 4 is 28.3 Å². The van der Waals surface area contributed by atoms with Gasteiger partial charge in [-0.1, -0.05) is 30.3 Å². The lowest BCUT2D eigenvalue weighted by Gasteiger charge is -2.08. The van der Waals surface area contributed by atoms with E-state index in [0.29, 0.717) is 17.0 Å². The molecular formula is C20H18N2O3. The van der Waals surface area contributed by atoms with Crippen LogP contribution in [0.3, 0.4) is 0 Å². The molecule has 5 heteroatoms. The van der Waals surface area contributed by atoms with E-state index in [9.17, 15) is 9.59 Å². The number of ether oxygens (including phenoxy) is 1. The van der Waals surface area contributed by atoms with Gasteiger partial charge in [-0.05, 0) is 47.2 Å². The monoisotopic (exact) mass is 334 g/mol. The molecule has 0 saturated heterocycles. The molecule has 0 saturated carbocycles. The van der Waals surface area contributed by atoms with Gasteiger partial charge in [0.2, 0.25) is 5.91 Å². The number of rotatable bonds is 6. The Balaban J connectivity index is 1.64. The van der Waals surface area contributed by atoms with Gasteiger partial charge in [-0.3, -0.25) is 9.59 Å². The molecule has 3 aromatic rings. The van der Waals surface area contributed by atoms with Crippen molar-refractivity contribution in [2.45, 2.75) is 6.42 Å². The molecule has 0 unspecified atom stereocenters. The second kappa shape index (κ2) is 7.49. The highest BCUT2D eigenvalue weighted by molar-refractivity contribution is 6.06. The van der Waals surface area contributed by atoms with Crippen molar-refractivity contribution in [2.24, 2.45) is 5.73 Å². The summed E-state index contributed by atoms with van der Waals surface area (Å²) in [7, 11) is 0. The fourth-order valence-corrected chi connectivity index (χ4v) is 2.44. The van der Waals surface area contributed by atoms with Crippen LogP contribution in [0.15, 0.2) is 66.7 Å². The topological polar surface area (TPSA) is 81.4 Å². The van der Waals surface area contributed by atoms with Crippen molar-refractivity contribution in [3.63, 3.8) is 0 Å². The Morgan fingerprint density at radius 2 is 1.64 bits per heavy atom. The standard InChI is InChI=1S/C20H18N2O3/c21-19(23)11-12-25-18-9-7-17(8-10-18)22-20(24)16-6-5-14-3-1-2-4-15(14)13-16/h1-10,13H,11-12H2,(H2,21,23)(H,22,24). The predicted octanol–water partition coefficient (Wildman–Crippen LogP) is 3.35. The van der Waals surface area contributed by atoms with Crippen LogP contribution >= 0.6 is 0 Å². The average molecular weight is 334 g/mol. The Hall–Kier alpha value is -3.34. The van der Waals surface area contributed by atoms with Crippen LogP contribution in [0.5, 0.6) is 5.75 Å². The fourth-order valence-electron chi connectivity index (χ4n) is 2.44. The zero-order chi connectivity index (χ0) is 17.6. The van der Waals surface area contributed by atoms with Crippen molar-refractivity contribution in [3.05, 3.63) is 72.3 Å². The van der Waals surface area contributed by atoms with E-state index in [4.69, 9.17) is 10.5 Å². The van der Waals surface area contributed by atoms with Crippen LogP contribution in [0.25, 0.3) is 10.8 Å². The van der Waals surface area contributed by atoms with E-state index in [1.54, 1.807) is 30.3 Å². The van der Waals surface area contributed by atoms with E-state index in [1.165, 1.54) is 0 Å². The van der Waals surface area contributed by atoms with Crippen LogP contribution in [0.2, 0.25) is 0 Å². The van der Waals surface area contributed by atoms with E-state index in [2.05, 4.69) is 5.32 Å². The van der Waals surface area contributed by atoms with Gasteiger partial charge < -0.3 is 15.8 Å². The number of nitrogens with two attached hydrogens (primary N) is 1. The summed E-state index contributed by atoms with van der Waals surface area (Å²) in [5.74, 6) is 0.0392. The van der Waals surface area contributed by atoms with Crippen molar-refractivity contribution in [2.75, 3.05) is 11.9 Å². The molecule has 0 aliphatic rings. The first-order chi connectivity index (χ1) is 12.1. The van der Waals surface area contributed by atoms with Gasteiger partial charge in [0.1, 0.15) is 5.75 Å². The van der Waals surface area contributed by atoms with Crippen LogP contribution in [0, 0.1) is 0 Å². The quantitative estimate of drug-likeness (QED) is 0.725. The molecule has 0 radical (unpaired) electrons. The lowest BCUT2D eigenvalue weighted by atomic mass is 10.1. The van der Waals surface area contributed by atoms with E-state index in [1.807, 2.05) is 36.4 Å². The minimum atomic E-state index is -0.403. The highest BCUT2D eigenvalue weighted by Crippen LogP contribution is 2.19.